The Labute approximate surface area is 154 Å². The maximum Gasteiger partial charge on any atom is 0.306 e. The van der Waals surface area contributed by atoms with Gasteiger partial charge in [-0.1, -0.05) is 6.07 Å². The van der Waals surface area contributed by atoms with E-state index in [0.717, 1.165) is 25.7 Å². The van der Waals surface area contributed by atoms with E-state index in [9.17, 15) is 18.3 Å². The van der Waals surface area contributed by atoms with Crippen LogP contribution in [0.4, 0.5) is 0 Å². The van der Waals surface area contributed by atoms with Crippen LogP contribution in [0.3, 0.4) is 0 Å². The molecule has 0 saturated heterocycles. The van der Waals surface area contributed by atoms with E-state index in [1.54, 1.807) is 0 Å². The summed E-state index contributed by atoms with van der Waals surface area (Å²) in [5, 5.41) is 8.38. The van der Waals surface area contributed by atoms with Gasteiger partial charge in [-0.15, -0.1) is 0 Å². The molecule has 0 aromatic heterocycles. The molecule has 1 atom stereocenters. The van der Waals surface area contributed by atoms with Crippen LogP contribution in [-0.2, 0) is 26.7 Å². The molecule has 0 bridgehead atoms. The van der Waals surface area contributed by atoms with Crippen molar-refractivity contribution in [3.63, 3.8) is 0 Å². The van der Waals surface area contributed by atoms with Gasteiger partial charge in [0.25, 0.3) is 10.1 Å². The number of hydrogen-bond donors (Lipinski definition) is 2. The molecule has 7 heteroatoms. The van der Waals surface area contributed by atoms with Gasteiger partial charge in [-0.25, -0.2) is 0 Å². The first kappa shape index (κ1) is 19.2. The molecule has 0 amide bonds. The summed E-state index contributed by atoms with van der Waals surface area (Å²) in [5.74, 6) is -0.220. The van der Waals surface area contributed by atoms with E-state index in [2.05, 4.69) is 6.07 Å². The van der Waals surface area contributed by atoms with E-state index in [1.165, 1.54) is 18.1 Å². The van der Waals surface area contributed by atoms with E-state index in [0.29, 0.717) is 18.6 Å². The third kappa shape index (κ3) is 3.88. The quantitative estimate of drug-likeness (QED) is 0.733. The fourth-order valence-electron chi connectivity index (χ4n) is 4.29. The Morgan fingerprint density at radius 1 is 1.31 bits per heavy atom. The van der Waals surface area contributed by atoms with Gasteiger partial charge in [0.05, 0.1) is 17.8 Å². The van der Waals surface area contributed by atoms with Gasteiger partial charge < -0.3 is 9.84 Å². The first-order valence-corrected chi connectivity index (χ1v) is 10.7. The predicted octanol–water partition coefficient (Wildman–Crippen LogP) is 3.19. The number of rotatable bonds is 6. The maximum absolute atomic E-state index is 11.2. The van der Waals surface area contributed by atoms with Gasteiger partial charge in [0, 0.05) is 6.42 Å². The molecule has 2 aliphatic rings. The number of carboxylic acid groups (broad SMARTS) is 1. The van der Waals surface area contributed by atoms with Crippen LogP contribution in [0.2, 0.25) is 0 Å². The Bertz CT molecular complexity index is 777. The van der Waals surface area contributed by atoms with E-state index < -0.39 is 21.3 Å². The van der Waals surface area contributed by atoms with Gasteiger partial charge in [0.1, 0.15) is 5.75 Å². The van der Waals surface area contributed by atoms with Crippen molar-refractivity contribution < 1.29 is 27.6 Å². The van der Waals surface area contributed by atoms with Crippen molar-refractivity contribution in [3.8, 4) is 5.75 Å². The second kappa shape index (κ2) is 7.19. The van der Waals surface area contributed by atoms with Crippen molar-refractivity contribution in [1.82, 2.24) is 0 Å². The third-order valence-electron chi connectivity index (χ3n) is 6.12. The molecule has 1 spiro atoms. The minimum Gasteiger partial charge on any atom is -0.494 e. The van der Waals surface area contributed by atoms with Gasteiger partial charge in [0.15, 0.2) is 0 Å². The van der Waals surface area contributed by atoms with Crippen molar-refractivity contribution in [2.24, 2.45) is 5.92 Å². The van der Waals surface area contributed by atoms with Crippen LogP contribution in [0.25, 0.3) is 0 Å². The molecular weight excluding hydrogens is 356 g/mol. The molecule has 1 saturated carbocycles. The van der Waals surface area contributed by atoms with Gasteiger partial charge in [-0.05, 0) is 74.1 Å². The second-order valence-electron chi connectivity index (χ2n) is 7.67. The van der Waals surface area contributed by atoms with Crippen molar-refractivity contribution >= 4 is 16.1 Å². The highest BCUT2D eigenvalue weighted by Crippen LogP contribution is 2.50. The standard InChI is InChI=1S/C19H26O6S/c1-13(26(22,23)24)7-11-25-16-3-2-14-4-8-19(17(14)12-16)9-5-15(6-10-19)18(20)21/h2-3,12-13,15H,4-11H2,1H3,(H,20,21)(H,22,23,24). The fourth-order valence-corrected chi connectivity index (χ4v) is 4.69. The lowest BCUT2D eigenvalue weighted by molar-refractivity contribution is -0.143. The lowest BCUT2D eigenvalue weighted by atomic mass is 9.67. The molecule has 2 aliphatic carbocycles. The number of aliphatic carboxylic acids is 1. The lowest BCUT2D eigenvalue weighted by Crippen LogP contribution is -2.32. The van der Waals surface area contributed by atoms with Crippen LogP contribution >= 0.6 is 0 Å². The Morgan fingerprint density at radius 2 is 2.00 bits per heavy atom. The van der Waals surface area contributed by atoms with Crippen LogP contribution in [0, 0.1) is 5.92 Å². The summed E-state index contributed by atoms with van der Waals surface area (Å²) in [6.45, 7) is 1.67. The zero-order chi connectivity index (χ0) is 18.9. The van der Waals surface area contributed by atoms with Crippen LogP contribution in [0.1, 0.15) is 56.6 Å². The Morgan fingerprint density at radius 3 is 2.62 bits per heavy atom. The summed E-state index contributed by atoms with van der Waals surface area (Å²) in [4.78, 5) is 11.2. The topological polar surface area (TPSA) is 101 Å². The minimum atomic E-state index is -4.03. The number of hydrogen-bond acceptors (Lipinski definition) is 4. The molecule has 144 valence electrons. The first-order valence-electron chi connectivity index (χ1n) is 9.17. The molecule has 0 radical (unpaired) electrons. The summed E-state index contributed by atoms with van der Waals surface area (Å²) in [6.07, 6.45) is 5.49. The Hall–Kier alpha value is -1.60. The molecule has 1 unspecified atom stereocenters. The number of carboxylic acids is 1. The number of ether oxygens (including phenoxy) is 1. The van der Waals surface area contributed by atoms with Gasteiger partial charge in [0.2, 0.25) is 0 Å². The highest BCUT2D eigenvalue weighted by Gasteiger charge is 2.43. The monoisotopic (exact) mass is 382 g/mol. The number of benzene rings is 1. The van der Waals surface area contributed by atoms with Crippen LogP contribution < -0.4 is 4.74 Å². The average molecular weight is 382 g/mol. The minimum absolute atomic E-state index is 0.0579. The summed E-state index contributed by atoms with van der Waals surface area (Å²) < 4.78 is 36.9. The maximum atomic E-state index is 11.2. The van der Waals surface area contributed by atoms with E-state index in [1.807, 2.05) is 12.1 Å². The molecule has 26 heavy (non-hydrogen) atoms. The SMILES string of the molecule is CC(CCOc1ccc2c(c1)C1(CC2)CCC(C(=O)O)CC1)S(=O)(=O)O. The predicted molar refractivity (Wildman–Crippen MR) is 97.2 cm³/mol. The van der Waals surface area contributed by atoms with Crippen molar-refractivity contribution in [2.45, 2.75) is 62.5 Å². The van der Waals surface area contributed by atoms with E-state index in [4.69, 9.17) is 9.29 Å². The van der Waals surface area contributed by atoms with Crippen LogP contribution in [0.15, 0.2) is 18.2 Å². The summed E-state index contributed by atoms with van der Waals surface area (Å²) in [6, 6.07) is 6.01. The van der Waals surface area contributed by atoms with E-state index in [-0.39, 0.29) is 24.4 Å². The second-order valence-corrected chi connectivity index (χ2v) is 9.51. The molecule has 0 aliphatic heterocycles. The molecular formula is C19H26O6S. The highest BCUT2D eigenvalue weighted by molar-refractivity contribution is 7.86. The summed E-state index contributed by atoms with van der Waals surface area (Å²) >= 11 is 0. The van der Waals surface area contributed by atoms with Crippen molar-refractivity contribution in [3.05, 3.63) is 29.3 Å². The van der Waals surface area contributed by atoms with Gasteiger partial charge in [-0.3, -0.25) is 9.35 Å². The highest BCUT2D eigenvalue weighted by atomic mass is 32.2. The summed E-state index contributed by atoms with van der Waals surface area (Å²) in [5.41, 5.74) is 2.63. The fraction of sp³-hybridized carbons (Fsp3) is 0.632. The Balaban J connectivity index is 1.67. The Kier molecular flexibility index (Phi) is 5.30. The zero-order valence-corrected chi connectivity index (χ0v) is 15.8. The molecule has 1 aromatic rings. The van der Waals surface area contributed by atoms with Crippen molar-refractivity contribution in [1.29, 1.82) is 0 Å². The molecule has 3 rings (SSSR count). The van der Waals surface area contributed by atoms with Crippen molar-refractivity contribution in [2.75, 3.05) is 6.61 Å². The first-order chi connectivity index (χ1) is 12.2. The third-order valence-corrected chi connectivity index (χ3v) is 7.37. The number of aryl methyl sites for hydroxylation is 1. The summed E-state index contributed by atoms with van der Waals surface area (Å²) in [7, 11) is -4.03. The van der Waals surface area contributed by atoms with Crippen LogP contribution in [0.5, 0.6) is 5.75 Å². The van der Waals surface area contributed by atoms with Gasteiger partial charge >= 0.3 is 5.97 Å². The normalized spacial score (nSPS) is 26.5. The average Bonchev–Trinajstić information content (AvgIpc) is 2.92. The molecule has 1 aromatic carbocycles. The van der Waals surface area contributed by atoms with E-state index >= 15 is 0 Å². The molecule has 1 fully saturated rings. The molecule has 2 N–H and O–H groups in total. The smallest absolute Gasteiger partial charge is 0.306 e. The lowest BCUT2D eigenvalue weighted by Gasteiger charge is -2.37. The largest absolute Gasteiger partial charge is 0.494 e. The number of fused-ring (bicyclic) bond motifs is 2. The van der Waals surface area contributed by atoms with Gasteiger partial charge in [-0.2, -0.15) is 8.42 Å². The number of carbonyl (C=O) groups is 1. The van der Waals surface area contributed by atoms with Crippen LogP contribution in [-0.4, -0.2) is 35.9 Å². The molecule has 6 nitrogen and oxygen atoms in total. The molecule has 0 heterocycles. The zero-order valence-electron chi connectivity index (χ0n) is 15.0.